The molecule has 1 aliphatic heterocycles. The lowest BCUT2D eigenvalue weighted by Gasteiger charge is -2.40. The van der Waals surface area contributed by atoms with Crippen LogP contribution in [0.25, 0.3) is 0 Å². The number of hydrogen-bond donors (Lipinski definition) is 1. The van der Waals surface area contributed by atoms with Gasteiger partial charge in [-0.05, 0) is 13.8 Å². The summed E-state index contributed by atoms with van der Waals surface area (Å²) in [5.41, 5.74) is -0.261. The summed E-state index contributed by atoms with van der Waals surface area (Å²) < 4.78 is 4.90. The Kier molecular flexibility index (Phi) is 3.10. The molecule has 80 valence electrons. The first-order chi connectivity index (χ1) is 6.42. The Morgan fingerprint density at radius 3 is 2.86 bits per heavy atom. The van der Waals surface area contributed by atoms with Crippen molar-refractivity contribution in [2.45, 2.75) is 25.8 Å². The van der Waals surface area contributed by atoms with Crippen LogP contribution >= 0.6 is 0 Å². The molecule has 0 aromatic rings. The van der Waals surface area contributed by atoms with Crippen molar-refractivity contribution in [1.82, 2.24) is 4.90 Å². The Morgan fingerprint density at radius 2 is 2.29 bits per heavy atom. The first kappa shape index (κ1) is 11.0. The first-order valence-electron chi connectivity index (χ1n) is 4.54. The molecular formula is C9H15NO4. The monoisotopic (exact) mass is 201 g/mol. The van der Waals surface area contributed by atoms with Crippen LogP contribution in [0.5, 0.6) is 0 Å². The van der Waals surface area contributed by atoms with Crippen LogP contribution in [0.1, 0.15) is 20.3 Å². The molecule has 1 heterocycles. The number of aliphatic carboxylic acids is 1. The molecule has 0 saturated carbocycles. The summed E-state index contributed by atoms with van der Waals surface area (Å²) in [6.07, 6.45) is 0.0523. The van der Waals surface area contributed by atoms with Gasteiger partial charge in [-0.15, -0.1) is 0 Å². The van der Waals surface area contributed by atoms with Gasteiger partial charge in [0.25, 0.3) is 0 Å². The molecule has 14 heavy (non-hydrogen) atoms. The van der Waals surface area contributed by atoms with Crippen molar-refractivity contribution in [2.24, 2.45) is 0 Å². The SMILES string of the molecule is CC1(C)COC(=O)CN1CCC(=O)O. The molecule has 1 saturated heterocycles. The fraction of sp³-hybridized carbons (Fsp3) is 0.778. The van der Waals surface area contributed by atoms with Crippen LogP contribution in [0.4, 0.5) is 0 Å². The third-order valence-electron chi connectivity index (χ3n) is 2.36. The van der Waals surface area contributed by atoms with E-state index < -0.39 is 5.97 Å². The Morgan fingerprint density at radius 1 is 1.64 bits per heavy atom. The molecule has 5 nitrogen and oxygen atoms in total. The number of esters is 1. The van der Waals surface area contributed by atoms with E-state index in [1.54, 1.807) is 0 Å². The van der Waals surface area contributed by atoms with Gasteiger partial charge in [-0.25, -0.2) is 0 Å². The third kappa shape index (κ3) is 2.70. The lowest BCUT2D eigenvalue weighted by molar-refractivity contribution is -0.161. The average molecular weight is 201 g/mol. The average Bonchev–Trinajstić information content (AvgIpc) is 2.07. The molecule has 0 aromatic heterocycles. The maximum Gasteiger partial charge on any atom is 0.320 e. The van der Waals surface area contributed by atoms with Crippen LogP contribution in [0, 0.1) is 0 Å². The maximum atomic E-state index is 11.0. The summed E-state index contributed by atoms with van der Waals surface area (Å²) >= 11 is 0. The fourth-order valence-corrected chi connectivity index (χ4v) is 1.38. The zero-order valence-electron chi connectivity index (χ0n) is 8.45. The molecule has 0 unspecified atom stereocenters. The second kappa shape index (κ2) is 3.96. The number of hydrogen-bond acceptors (Lipinski definition) is 4. The van der Waals surface area contributed by atoms with Crippen LogP contribution in [0.15, 0.2) is 0 Å². The van der Waals surface area contributed by atoms with Gasteiger partial charge in [0.15, 0.2) is 0 Å². The quantitative estimate of drug-likeness (QED) is 0.656. The number of ether oxygens (including phenoxy) is 1. The van der Waals surface area contributed by atoms with Crippen LogP contribution in [-0.4, -0.2) is 47.2 Å². The van der Waals surface area contributed by atoms with E-state index in [1.165, 1.54) is 0 Å². The Labute approximate surface area is 82.6 Å². The molecule has 1 aliphatic rings. The van der Waals surface area contributed by atoms with Crippen LogP contribution in [0.2, 0.25) is 0 Å². The van der Waals surface area contributed by atoms with E-state index in [0.29, 0.717) is 13.2 Å². The van der Waals surface area contributed by atoms with Crippen LogP contribution in [-0.2, 0) is 14.3 Å². The second-order valence-electron chi connectivity index (χ2n) is 4.04. The van der Waals surface area contributed by atoms with E-state index in [0.717, 1.165) is 0 Å². The molecule has 1 fully saturated rings. The molecule has 0 spiro atoms. The molecule has 0 radical (unpaired) electrons. The van der Waals surface area contributed by atoms with Crippen LogP contribution in [0.3, 0.4) is 0 Å². The number of carbonyl (C=O) groups excluding carboxylic acids is 1. The number of carboxylic acids is 1. The van der Waals surface area contributed by atoms with E-state index in [1.807, 2.05) is 18.7 Å². The van der Waals surface area contributed by atoms with E-state index in [4.69, 9.17) is 9.84 Å². The highest BCUT2D eigenvalue weighted by Crippen LogP contribution is 2.19. The molecule has 0 aliphatic carbocycles. The third-order valence-corrected chi connectivity index (χ3v) is 2.36. The van der Waals surface area contributed by atoms with E-state index in [9.17, 15) is 9.59 Å². The molecule has 0 bridgehead atoms. The van der Waals surface area contributed by atoms with Crippen molar-refractivity contribution in [3.05, 3.63) is 0 Å². The zero-order chi connectivity index (χ0) is 10.8. The number of nitrogens with zero attached hydrogens (tertiary/aromatic N) is 1. The minimum Gasteiger partial charge on any atom is -0.481 e. The second-order valence-corrected chi connectivity index (χ2v) is 4.04. The van der Waals surface area contributed by atoms with Gasteiger partial charge in [0, 0.05) is 6.54 Å². The number of cyclic esters (lactones) is 1. The Balaban J connectivity index is 2.54. The van der Waals surface area contributed by atoms with Crippen molar-refractivity contribution in [2.75, 3.05) is 19.7 Å². The molecular weight excluding hydrogens is 186 g/mol. The molecule has 0 atom stereocenters. The molecule has 1 N–H and O–H groups in total. The van der Waals surface area contributed by atoms with Crippen molar-refractivity contribution in [3.8, 4) is 0 Å². The van der Waals surface area contributed by atoms with E-state index in [2.05, 4.69) is 0 Å². The van der Waals surface area contributed by atoms with Gasteiger partial charge in [-0.2, -0.15) is 0 Å². The van der Waals surface area contributed by atoms with Crippen molar-refractivity contribution >= 4 is 11.9 Å². The van der Waals surface area contributed by atoms with Crippen molar-refractivity contribution in [1.29, 1.82) is 0 Å². The molecule has 0 aromatic carbocycles. The van der Waals surface area contributed by atoms with E-state index >= 15 is 0 Å². The predicted octanol–water partition coefficient (Wildman–Crippen LogP) is 0.0985. The predicted molar refractivity (Wildman–Crippen MR) is 48.9 cm³/mol. The Bertz CT molecular complexity index is 249. The van der Waals surface area contributed by atoms with E-state index in [-0.39, 0.29) is 24.5 Å². The van der Waals surface area contributed by atoms with Gasteiger partial charge >= 0.3 is 11.9 Å². The summed E-state index contributed by atoms with van der Waals surface area (Å²) in [5, 5.41) is 8.54. The maximum absolute atomic E-state index is 11.0. The molecule has 5 heteroatoms. The van der Waals surface area contributed by atoms with Crippen molar-refractivity contribution in [3.63, 3.8) is 0 Å². The smallest absolute Gasteiger partial charge is 0.320 e. The highest BCUT2D eigenvalue weighted by Gasteiger charge is 2.34. The zero-order valence-corrected chi connectivity index (χ0v) is 8.45. The number of carbonyl (C=O) groups is 2. The first-order valence-corrected chi connectivity index (χ1v) is 4.54. The molecule has 0 amide bonds. The largest absolute Gasteiger partial charge is 0.481 e. The van der Waals surface area contributed by atoms with Gasteiger partial charge in [0.2, 0.25) is 0 Å². The summed E-state index contributed by atoms with van der Waals surface area (Å²) in [6, 6.07) is 0. The summed E-state index contributed by atoms with van der Waals surface area (Å²) in [5.74, 6) is -1.13. The summed E-state index contributed by atoms with van der Waals surface area (Å²) in [6.45, 7) is 4.76. The minimum atomic E-state index is -0.847. The number of morpholine rings is 1. The van der Waals surface area contributed by atoms with Gasteiger partial charge in [0.1, 0.15) is 6.61 Å². The number of rotatable bonds is 3. The fourth-order valence-electron chi connectivity index (χ4n) is 1.38. The van der Waals surface area contributed by atoms with Gasteiger partial charge in [-0.1, -0.05) is 0 Å². The minimum absolute atomic E-state index is 0.0523. The van der Waals surface area contributed by atoms with Crippen LogP contribution < -0.4 is 0 Å². The Hall–Kier alpha value is -1.10. The van der Waals surface area contributed by atoms with Gasteiger partial charge in [-0.3, -0.25) is 14.5 Å². The highest BCUT2D eigenvalue weighted by atomic mass is 16.5. The highest BCUT2D eigenvalue weighted by molar-refractivity contribution is 5.73. The van der Waals surface area contributed by atoms with Gasteiger partial charge in [0.05, 0.1) is 18.5 Å². The van der Waals surface area contributed by atoms with Crippen molar-refractivity contribution < 1.29 is 19.4 Å². The lowest BCUT2D eigenvalue weighted by atomic mass is 10.0. The van der Waals surface area contributed by atoms with Gasteiger partial charge < -0.3 is 9.84 Å². The topological polar surface area (TPSA) is 66.8 Å². The summed E-state index contributed by atoms with van der Waals surface area (Å²) in [7, 11) is 0. The summed E-state index contributed by atoms with van der Waals surface area (Å²) in [4.78, 5) is 23.2. The lowest BCUT2D eigenvalue weighted by Crippen LogP contribution is -2.55. The normalized spacial score (nSPS) is 21.7. The standard InChI is InChI=1S/C9H15NO4/c1-9(2)6-14-8(13)5-10(9)4-3-7(11)12/h3-6H2,1-2H3,(H,11,12). The molecule has 1 rings (SSSR count). The number of carboxylic acid groups (broad SMARTS) is 1.